The Kier molecular flexibility index (Phi) is 3.33. The molecule has 1 aromatic rings. The van der Waals surface area contributed by atoms with E-state index in [2.05, 4.69) is 0 Å². The molecule has 4 nitrogen and oxygen atoms in total. The Morgan fingerprint density at radius 1 is 1.29 bits per heavy atom. The minimum Gasteiger partial charge on any atom is -0.504 e. The monoisotopic (exact) mass is 197 g/mol. The number of benzene rings is 1. The third-order valence-corrected chi connectivity index (χ3v) is 2.22. The first-order valence-electron chi connectivity index (χ1n) is 4.51. The van der Waals surface area contributed by atoms with Crippen molar-refractivity contribution in [2.24, 2.45) is 5.73 Å². The molecule has 1 rings (SSSR count). The van der Waals surface area contributed by atoms with Crippen molar-refractivity contribution < 1.29 is 15.3 Å². The van der Waals surface area contributed by atoms with Gasteiger partial charge in [0, 0.05) is 6.04 Å². The Balaban J connectivity index is 2.91. The molecule has 0 saturated carbocycles. The summed E-state index contributed by atoms with van der Waals surface area (Å²) in [4.78, 5) is 0. The van der Waals surface area contributed by atoms with Crippen LogP contribution in [0.2, 0.25) is 0 Å². The smallest absolute Gasteiger partial charge is 0.157 e. The first-order chi connectivity index (χ1) is 6.56. The van der Waals surface area contributed by atoms with Crippen LogP contribution in [-0.2, 0) is 0 Å². The van der Waals surface area contributed by atoms with Crippen molar-refractivity contribution in [1.82, 2.24) is 0 Å². The van der Waals surface area contributed by atoms with Crippen LogP contribution >= 0.6 is 0 Å². The summed E-state index contributed by atoms with van der Waals surface area (Å²) < 4.78 is 0. The molecule has 0 spiro atoms. The highest BCUT2D eigenvalue weighted by molar-refractivity contribution is 5.41. The lowest BCUT2D eigenvalue weighted by Gasteiger charge is -2.17. The van der Waals surface area contributed by atoms with E-state index in [4.69, 9.17) is 10.8 Å². The second-order valence-corrected chi connectivity index (χ2v) is 3.27. The van der Waals surface area contributed by atoms with Crippen LogP contribution in [0, 0.1) is 0 Å². The number of aliphatic hydroxyl groups excluding tert-OH is 1. The normalized spacial score (nSPS) is 15.1. The van der Waals surface area contributed by atoms with Gasteiger partial charge in [-0.1, -0.05) is 13.0 Å². The average Bonchev–Trinajstić information content (AvgIpc) is 2.20. The second kappa shape index (κ2) is 4.30. The van der Waals surface area contributed by atoms with Crippen LogP contribution in [0.1, 0.15) is 25.0 Å². The van der Waals surface area contributed by atoms with Crippen molar-refractivity contribution in [3.63, 3.8) is 0 Å². The Hall–Kier alpha value is -1.26. The van der Waals surface area contributed by atoms with E-state index < -0.39 is 6.10 Å². The largest absolute Gasteiger partial charge is 0.504 e. The zero-order valence-electron chi connectivity index (χ0n) is 8.01. The zero-order valence-corrected chi connectivity index (χ0v) is 8.01. The lowest BCUT2D eigenvalue weighted by molar-refractivity contribution is 0.144. The third kappa shape index (κ3) is 2.16. The number of rotatable bonds is 3. The molecule has 0 bridgehead atoms. The van der Waals surface area contributed by atoms with Crippen molar-refractivity contribution >= 4 is 0 Å². The molecule has 14 heavy (non-hydrogen) atoms. The van der Waals surface area contributed by atoms with E-state index in [1.165, 1.54) is 18.2 Å². The van der Waals surface area contributed by atoms with E-state index in [-0.39, 0.29) is 17.5 Å². The maximum atomic E-state index is 9.69. The van der Waals surface area contributed by atoms with E-state index in [1.807, 2.05) is 6.92 Å². The molecule has 0 fully saturated rings. The fourth-order valence-electron chi connectivity index (χ4n) is 1.19. The topological polar surface area (TPSA) is 86.7 Å². The summed E-state index contributed by atoms with van der Waals surface area (Å²) in [6.45, 7) is 1.87. The number of phenols is 2. The molecule has 0 unspecified atom stereocenters. The Labute approximate surface area is 82.6 Å². The number of hydrogen-bond donors (Lipinski definition) is 4. The Morgan fingerprint density at radius 3 is 2.43 bits per heavy atom. The second-order valence-electron chi connectivity index (χ2n) is 3.27. The highest BCUT2D eigenvalue weighted by Gasteiger charge is 2.16. The van der Waals surface area contributed by atoms with Crippen LogP contribution in [0.4, 0.5) is 0 Å². The summed E-state index contributed by atoms with van der Waals surface area (Å²) >= 11 is 0. The molecule has 0 aliphatic heterocycles. The first-order valence-corrected chi connectivity index (χ1v) is 4.51. The highest BCUT2D eigenvalue weighted by atomic mass is 16.3. The van der Waals surface area contributed by atoms with Gasteiger partial charge in [0.15, 0.2) is 11.5 Å². The maximum Gasteiger partial charge on any atom is 0.157 e. The summed E-state index contributed by atoms with van der Waals surface area (Å²) in [5.74, 6) is -0.448. The van der Waals surface area contributed by atoms with Crippen LogP contribution in [0.3, 0.4) is 0 Å². The van der Waals surface area contributed by atoms with Gasteiger partial charge in [0.2, 0.25) is 0 Å². The number of aliphatic hydroxyl groups is 1. The number of nitrogens with two attached hydrogens (primary N) is 1. The summed E-state index contributed by atoms with van der Waals surface area (Å²) in [7, 11) is 0. The summed E-state index contributed by atoms with van der Waals surface area (Å²) in [5, 5.41) is 27.9. The van der Waals surface area contributed by atoms with Gasteiger partial charge in [0.05, 0.1) is 6.10 Å². The van der Waals surface area contributed by atoms with Crippen LogP contribution in [-0.4, -0.2) is 21.4 Å². The van der Waals surface area contributed by atoms with Crippen LogP contribution in [0.15, 0.2) is 18.2 Å². The molecule has 2 atom stereocenters. The molecule has 0 amide bonds. The molecule has 0 radical (unpaired) electrons. The van der Waals surface area contributed by atoms with Crippen molar-refractivity contribution in [1.29, 1.82) is 0 Å². The van der Waals surface area contributed by atoms with Gasteiger partial charge in [0.25, 0.3) is 0 Å². The van der Waals surface area contributed by atoms with Gasteiger partial charge < -0.3 is 21.1 Å². The molecular formula is C10H15NO3. The number of aromatic hydroxyl groups is 2. The van der Waals surface area contributed by atoms with E-state index in [9.17, 15) is 10.2 Å². The zero-order chi connectivity index (χ0) is 10.7. The summed E-state index contributed by atoms with van der Waals surface area (Å²) in [6.07, 6.45) is -0.172. The molecular weight excluding hydrogens is 182 g/mol. The number of phenolic OH excluding ortho intramolecular Hbond substituents is 2. The van der Waals surface area contributed by atoms with Crippen molar-refractivity contribution in [3.8, 4) is 11.5 Å². The van der Waals surface area contributed by atoms with Crippen LogP contribution < -0.4 is 5.73 Å². The van der Waals surface area contributed by atoms with Crippen molar-refractivity contribution in [2.45, 2.75) is 25.5 Å². The fraction of sp³-hybridized carbons (Fsp3) is 0.400. The lowest BCUT2D eigenvalue weighted by Crippen LogP contribution is -2.27. The van der Waals surface area contributed by atoms with E-state index in [1.54, 1.807) is 0 Å². The molecule has 0 saturated heterocycles. The molecule has 0 aromatic heterocycles. The molecule has 0 heterocycles. The van der Waals surface area contributed by atoms with Gasteiger partial charge in [-0.2, -0.15) is 0 Å². The van der Waals surface area contributed by atoms with Crippen LogP contribution in [0.25, 0.3) is 0 Å². The van der Waals surface area contributed by atoms with Gasteiger partial charge in [-0.3, -0.25) is 0 Å². The highest BCUT2D eigenvalue weighted by Crippen LogP contribution is 2.28. The number of hydrogen-bond acceptors (Lipinski definition) is 4. The molecule has 0 aliphatic carbocycles. The summed E-state index contributed by atoms with van der Waals surface area (Å²) in [6, 6.07) is 3.82. The lowest BCUT2D eigenvalue weighted by atomic mass is 10.0. The maximum absolute atomic E-state index is 9.69. The Bertz CT molecular complexity index is 314. The molecule has 78 valence electrons. The van der Waals surface area contributed by atoms with Crippen LogP contribution in [0.5, 0.6) is 11.5 Å². The van der Waals surface area contributed by atoms with E-state index in [0.717, 1.165) is 0 Å². The van der Waals surface area contributed by atoms with Crippen molar-refractivity contribution in [3.05, 3.63) is 23.8 Å². The van der Waals surface area contributed by atoms with Gasteiger partial charge in [-0.05, 0) is 24.1 Å². The van der Waals surface area contributed by atoms with E-state index in [0.29, 0.717) is 12.0 Å². The third-order valence-electron chi connectivity index (χ3n) is 2.22. The molecule has 0 aliphatic rings. The predicted molar refractivity (Wildman–Crippen MR) is 53.0 cm³/mol. The van der Waals surface area contributed by atoms with Gasteiger partial charge in [0.1, 0.15) is 0 Å². The van der Waals surface area contributed by atoms with Crippen molar-refractivity contribution in [2.75, 3.05) is 0 Å². The van der Waals surface area contributed by atoms with Gasteiger partial charge >= 0.3 is 0 Å². The minimum atomic E-state index is -0.813. The standard InChI is InChI=1S/C10H15NO3/c1-2-7(11)10(14)6-3-4-8(12)9(13)5-6/h3-5,7,10,12-14H,2,11H2,1H3/t7-,10+/m0/s1. The van der Waals surface area contributed by atoms with Gasteiger partial charge in [-0.15, -0.1) is 0 Å². The summed E-state index contributed by atoms with van der Waals surface area (Å²) in [5.41, 5.74) is 6.15. The fourth-order valence-corrected chi connectivity index (χ4v) is 1.19. The molecule has 1 aromatic carbocycles. The average molecular weight is 197 g/mol. The molecule has 4 heteroatoms. The Morgan fingerprint density at radius 2 is 1.93 bits per heavy atom. The van der Waals surface area contributed by atoms with E-state index >= 15 is 0 Å². The first kappa shape index (κ1) is 10.8. The minimum absolute atomic E-state index is 0.203. The SMILES string of the molecule is CC[C@H](N)[C@H](O)c1ccc(O)c(O)c1. The molecule has 5 N–H and O–H groups in total. The quantitative estimate of drug-likeness (QED) is 0.541. The predicted octanol–water partition coefficient (Wildman–Crippen LogP) is 0.868. The van der Waals surface area contributed by atoms with Gasteiger partial charge in [-0.25, -0.2) is 0 Å².